The molecule has 158 valence electrons. The zero-order chi connectivity index (χ0) is 21.3. The predicted molar refractivity (Wildman–Crippen MR) is 101 cm³/mol. The van der Waals surface area contributed by atoms with Crippen LogP contribution in [0.4, 0.5) is 20.2 Å². The summed E-state index contributed by atoms with van der Waals surface area (Å²) in [4.78, 5) is 26.6. The predicted octanol–water partition coefficient (Wildman–Crippen LogP) is 3.02. The van der Waals surface area contributed by atoms with Crippen LogP contribution in [0.1, 0.15) is 6.42 Å². The molecular weight excluding hydrogens is 402 g/mol. The zero-order valence-electron chi connectivity index (χ0n) is 15.9. The maximum Gasteiger partial charge on any atom is 0.387 e. The van der Waals surface area contributed by atoms with Crippen molar-refractivity contribution in [3.8, 4) is 23.0 Å². The molecule has 2 aliphatic rings. The number of methoxy groups -OCH3 is 1. The van der Waals surface area contributed by atoms with Crippen LogP contribution in [0.2, 0.25) is 0 Å². The summed E-state index contributed by atoms with van der Waals surface area (Å²) in [5.74, 6) is -0.165. The van der Waals surface area contributed by atoms with Crippen molar-refractivity contribution in [3.05, 3.63) is 36.4 Å². The van der Waals surface area contributed by atoms with Gasteiger partial charge in [-0.15, -0.1) is 0 Å². The van der Waals surface area contributed by atoms with Gasteiger partial charge in [-0.25, -0.2) is 0 Å². The number of hydrogen-bond acceptors (Lipinski definition) is 6. The first-order valence-corrected chi connectivity index (χ1v) is 9.08. The van der Waals surface area contributed by atoms with E-state index in [4.69, 9.17) is 14.2 Å². The Morgan fingerprint density at radius 1 is 1.17 bits per heavy atom. The monoisotopic (exact) mass is 420 g/mol. The minimum atomic E-state index is -3.03. The van der Waals surface area contributed by atoms with Crippen LogP contribution in [0.5, 0.6) is 23.0 Å². The molecule has 2 aromatic carbocycles. The highest BCUT2D eigenvalue weighted by Gasteiger charge is 2.35. The lowest BCUT2D eigenvalue weighted by atomic mass is 10.1. The largest absolute Gasteiger partial charge is 0.493 e. The Bertz CT molecular complexity index is 984. The second-order valence-electron chi connectivity index (χ2n) is 6.68. The fourth-order valence-electron chi connectivity index (χ4n) is 3.37. The Hall–Kier alpha value is -3.56. The van der Waals surface area contributed by atoms with Crippen LogP contribution in [-0.2, 0) is 9.59 Å². The number of fused-ring (bicyclic) bond motifs is 1. The maximum atomic E-state index is 12.7. The molecule has 0 bridgehead atoms. The van der Waals surface area contributed by atoms with Crippen LogP contribution in [0.25, 0.3) is 0 Å². The van der Waals surface area contributed by atoms with Crippen molar-refractivity contribution in [2.45, 2.75) is 13.0 Å². The van der Waals surface area contributed by atoms with Gasteiger partial charge in [-0.2, -0.15) is 8.78 Å². The van der Waals surface area contributed by atoms with E-state index >= 15 is 0 Å². The fourth-order valence-corrected chi connectivity index (χ4v) is 3.37. The molecular formula is C20H18F2N2O6. The van der Waals surface area contributed by atoms with Gasteiger partial charge >= 0.3 is 6.61 Å². The van der Waals surface area contributed by atoms with Crippen LogP contribution < -0.4 is 29.2 Å². The molecule has 10 heteroatoms. The zero-order valence-corrected chi connectivity index (χ0v) is 15.9. The molecule has 2 aliphatic heterocycles. The Labute approximate surface area is 170 Å². The number of alkyl halides is 2. The molecule has 2 heterocycles. The number of anilines is 2. The molecule has 1 saturated heterocycles. The number of rotatable bonds is 6. The number of nitrogens with zero attached hydrogens (tertiary/aromatic N) is 1. The Balaban J connectivity index is 1.45. The summed E-state index contributed by atoms with van der Waals surface area (Å²) in [5.41, 5.74) is 0.863. The number of halogens is 2. The summed E-state index contributed by atoms with van der Waals surface area (Å²) < 4.78 is 45.1. The second-order valence-corrected chi connectivity index (χ2v) is 6.68. The molecule has 1 unspecified atom stereocenters. The Kier molecular flexibility index (Phi) is 5.30. The third kappa shape index (κ3) is 3.93. The van der Waals surface area contributed by atoms with E-state index in [1.165, 1.54) is 30.2 Å². The average molecular weight is 420 g/mol. The van der Waals surface area contributed by atoms with Crippen LogP contribution in [-0.4, -0.2) is 38.9 Å². The van der Waals surface area contributed by atoms with Crippen LogP contribution in [0.15, 0.2) is 36.4 Å². The molecule has 30 heavy (non-hydrogen) atoms. The summed E-state index contributed by atoms with van der Waals surface area (Å²) in [5, 5.41) is 2.64. The molecule has 0 aromatic heterocycles. The number of carbonyl (C=O) groups excluding carboxylic acids is 2. The van der Waals surface area contributed by atoms with Crippen LogP contribution in [0.3, 0.4) is 0 Å². The first-order chi connectivity index (χ1) is 14.4. The number of nitrogens with one attached hydrogen (secondary N) is 1. The molecule has 1 atom stereocenters. The number of benzene rings is 2. The molecule has 1 N–H and O–H groups in total. The van der Waals surface area contributed by atoms with Gasteiger partial charge in [-0.3, -0.25) is 9.59 Å². The average Bonchev–Trinajstić information content (AvgIpc) is 3.33. The quantitative estimate of drug-likeness (QED) is 0.773. The summed E-state index contributed by atoms with van der Waals surface area (Å²) in [6, 6.07) is 9.28. The molecule has 4 rings (SSSR count). The van der Waals surface area contributed by atoms with Gasteiger partial charge in [0.2, 0.25) is 18.6 Å². The first-order valence-electron chi connectivity index (χ1n) is 9.08. The van der Waals surface area contributed by atoms with Crippen LogP contribution in [0, 0.1) is 5.92 Å². The van der Waals surface area contributed by atoms with Crippen molar-refractivity contribution < 1.29 is 37.3 Å². The topological polar surface area (TPSA) is 86.3 Å². The lowest BCUT2D eigenvalue weighted by Crippen LogP contribution is -2.28. The summed E-state index contributed by atoms with van der Waals surface area (Å²) in [6.07, 6.45) is 0.0246. The molecule has 0 spiro atoms. The SMILES string of the molecule is COc1ccc(NC(=O)C2CC(=O)N(c3ccc4c(c3)OCO4)C2)cc1OC(F)F. The molecule has 2 amide bonds. The summed E-state index contributed by atoms with van der Waals surface area (Å²) >= 11 is 0. The van der Waals surface area contributed by atoms with E-state index < -0.39 is 18.4 Å². The molecule has 1 fully saturated rings. The third-order valence-electron chi connectivity index (χ3n) is 4.81. The smallest absolute Gasteiger partial charge is 0.387 e. The number of ether oxygens (including phenoxy) is 4. The van der Waals surface area contributed by atoms with Gasteiger partial charge in [0.15, 0.2) is 23.0 Å². The Morgan fingerprint density at radius 2 is 1.97 bits per heavy atom. The van der Waals surface area contributed by atoms with Gasteiger partial charge < -0.3 is 29.2 Å². The third-order valence-corrected chi connectivity index (χ3v) is 4.81. The fraction of sp³-hybridized carbons (Fsp3) is 0.300. The lowest BCUT2D eigenvalue weighted by molar-refractivity contribution is -0.122. The van der Waals surface area contributed by atoms with Gasteiger partial charge in [0.05, 0.1) is 13.0 Å². The highest BCUT2D eigenvalue weighted by atomic mass is 19.3. The van der Waals surface area contributed by atoms with E-state index in [-0.39, 0.29) is 42.9 Å². The number of hydrogen-bond donors (Lipinski definition) is 1. The van der Waals surface area contributed by atoms with Gasteiger partial charge in [0, 0.05) is 36.5 Å². The molecule has 0 radical (unpaired) electrons. The van der Waals surface area contributed by atoms with E-state index in [0.29, 0.717) is 17.2 Å². The summed E-state index contributed by atoms with van der Waals surface area (Å²) in [7, 11) is 1.32. The molecule has 8 nitrogen and oxygen atoms in total. The normalized spacial score (nSPS) is 17.4. The number of amides is 2. The van der Waals surface area contributed by atoms with Crippen LogP contribution >= 0.6 is 0 Å². The van der Waals surface area contributed by atoms with Crippen molar-refractivity contribution in [1.29, 1.82) is 0 Å². The maximum absolute atomic E-state index is 12.7. The van der Waals surface area contributed by atoms with Crippen molar-refractivity contribution in [2.75, 3.05) is 30.7 Å². The molecule has 0 saturated carbocycles. The molecule has 2 aromatic rings. The Morgan fingerprint density at radius 3 is 2.73 bits per heavy atom. The van der Waals surface area contributed by atoms with Gasteiger partial charge in [0.25, 0.3) is 0 Å². The van der Waals surface area contributed by atoms with E-state index in [1.54, 1.807) is 18.2 Å². The second kappa shape index (κ2) is 8.05. The van der Waals surface area contributed by atoms with Gasteiger partial charge in [0.1, 0.15) is 0 Å². The lowest BCUT2D eigenvalue weighted by Gasteiger charge is -2.17. The minimum Gasteiger partial charge on any atom is -0.493 e. The van der Waals surface area contributed by atoms with Gasteiger partial charge in [-0.05, 0) is 24.3 Å². The minimum absolute atomic E-state index is 0.0246. The first kappa shape index (κ1) is 19.7. The van der Waals surface area contributed by atoms with Gasteiger partial charge in [-0.1, -0.05) is 0 Å². The van der Waals surface area contributed by atoms with E-state index in [1.807, 2.05) is 0 Å². The highest BCUT2D eigenvalue weighted by molar-refractivity contribution is 6.03. The van der Waals surface area contributed by atoms with Crippen molar-refractivity contribution in [3.63, 3.8) is 0 Å². The van der Waals surface area contributed by atoms with Crippen molar-refractivity contribution >= 4 is 23.2 Å². The standard InChI is InChI=1S/C20H18F2N2O6/c1-27-14-4-2-12(7-17(14)30-20(21)22)23-19(26)11-6-18(25)24(9-11)13-3-5-15-16(8-13)29-10-28-15/h2-5,7-8,11,20H,6,9-10H2,1H3,(H,23,26). The number of carbonyl (C=O) groups is 2. The van der Waals surface area contributed by atoms with E-state index in [2.05, 4.69) is 10.1 Å². The van der Waals surface area contributed by atoms with Crippen molar-refractivity contribution in [1.82, 2.24) is 0 Å². The summed E-state index contributed by atoms with van der Waals surface area (Å²) in [6.45, 7) is -2.73. The van der Waals surface area contributed by atoms with E-state index in [9.17, 15) is 18.4 Å². The molecule has 0 aliphatic carbocycles. The van der Waals surface area contributed by atoms with Crippen molar-refractivity contribution in [2.24, 2.45) is 5.92 Å². The van der Waals surface area contributed by atoms with E-state index in [0.717, 1.165) is 0 Å². The highest BCUT2D eigenvalue weighted by Crippen LogP contribution is 2.37.